The lowest BCUT2D eigenvalue weighted by Crippen LogP contribution is -2.31. The Bertz CT molecular complexity index is 491. The van der Waals surface area contributed by atoms with E-state index in [0.29, 0.717) is 6.42 Å². The zero-order valence-corrected chi connectivity index (χ0v) is 21.6. The second-order valence-corrected chi connectivity index (χ2v) is 11.8. The third-order valence-electron chi connectivity index (χ3n) is 9.51. The smallest absolute Gasteiger partial charge is 0.306 e. The van der Waals surface area contributed by atoms with Crippen LogP contribution in [-0.4, -0.2) is 12.1 Å². The van der Waals surface area contributed by atoms with E-state index in [-0.39, 0.29) is 12.1 Å². The molecule has 3 rings (SSSR count). The molecule has 0 aromatic heterocycles. The van der Waals surface area contributed by atoms with Crippen LogP contribution in [0.15, 0.2) is 0 Å². The van der Waals surface area contributed by atoms with Crippen molar-refractivity contribution in [3.05, 3.63) is 0 Å². The van der Waals surface area contributed by atoms with Gasteiger partial charge in [0.05, 0.1) is 0 Å². The van der Waals surface area contributed by atoms with Gasteiger partial charge >= 0.3 is 5.97 Å². The van der Waals surface area contributed by atoms with E-state index in [1.165, 1.54) is 109 Å². The van der Waals surface area contributed by atoms with Crippen LogP contribution in [0.25, 0.3) is 0 Å². The first-order chi connectivity index (χ1) is 15.7. The second-order valence-electron chi connectivity index (χ2n) is 11.8. The molecule has 0 atom stereocenters. The standard InChI is InChI=1S/C30H54O2/c1-3-5-7-9-11-30(31)32-29-22-20-28(21-23-29)27-18-16-26(17-19-27)25-14-12-24(13-15-25)10-8-6-4-2/h24-29H,3-23H2,1-2H3/t24-,25-,26-,27-,28-,29-. The predicted molar refractivity (Wildman–Crippen MR) is 136 cm³/mol. The molecule has 0 unspecified atom stereocenters. The van der Waals surface area contributed by atoms with Crippen LogP contribution in [-0.2, 0) is 9.53 Å². The first-order valence-corrected chi connectivity index (χ1v) is 14.9. The summed E-state index contributed by atoms with van der Waals surface area (Å²) in [6, 6.07) is 0. The van der Waals surface area contributed by atoms with Crippen molar-refractivity contribution in [1.29, 1.82) is 0 Å². The average molecular weight is 447 g/mol. The van der Waals surface area contributed by atoms with Gasteiger partial charge in [-0.1, -0.05) is 71.6 Å². The van der Waals surface area contributed by atoms with Crippen LogP contribution < -0.4 is 0 Å². The summed E-state index contributed by atoms with van der Waals surface area (Å²) in [4.78, 5) is 12.1. The number of unbranched alkanes of at least 4 members (excludes halogenated alkanes) is 5. The van der Waals surface area contributed by atoms with Crippen molar-refractivity contribution >= 4 is 5.97 Å². The molecule has 2 heteroatoms. The molecule has 0 aromatic carbocycles. The van der Waals surface area contributed by atoms with Crippen LogP contribution in [0.2, 0.25) is 0 Å². The fourth-order valence-electron chi connectivity index (χ4n) is 7.34. The summed E-state index contributed by atoms with van der Waals surface area (Å²) >= 11 is 0. The van der Waals surface area contributed by atoms with Gasteiger partial charge in [-0.25, -0.2) is 0 Å². The van der Waals surface area contributed by atoms with E-state index < -0.39 is 0 Å². The van der Waals surface area contributed by atoms with E-state index in [9.17, 15) is 4.79 Å². The Morgan fingerprint density at radius 1 is 0.594 bits per heavy atom. The topological polar surface area (TPSA) is 26.3 Å². The molecule has 0 spiro atoms. The van der Waals surface area contributed by atoms with E-state index >= 15 is 0 Å². The minimum Gasteiger partial charge on any atom is -0.462 e. The van der Waals surface area contributed by atoms with Gasteiger partial charge in [-0.15, -0.1) is 0 Å². The lowest BCUT2D eigenvalue weighted by atomic mass is 9.65. The third-order valence-corrected chi connectivity index (χ3v) is 9.51. The molecule has 3 aliphatic rings. The molecule has 0 amide bonds. The summed E-state index contributed by atoms with van der Waals surface area (Å²) in [6.07, 6.45) is 28.2. The number of hydrogen-bond donors (Lipinski definition) is 0. The molecule has 0 saturated heterocycles. The Labute approximate surface area is 200 Å². The van der Waals surface area contributed by atoms with Crippen molar-refractivity contribution in [2.24, 2.45) is 29.6 Å². The minimum atomic E-state index is 0.0603. The van der Waals surface area contributed by atoms with Gasteiger partial charge in [0.15, 0.2) is 0 Å². The molecular formula is C30H54O2. The normalized spacial score (nSPS) is 33.7. The van der Waals surface area contributed by atoms with Crippen LogP contribution in [0, 0.1) is 29.6 Å². The molecule has 186 valence electrons. The SMILES string of the molecule is CCCCCCC(=O)O[C@H]1CC[C@H]([C@H]2CC[C@H]([C@H]3CC[C@H](CCCCC)CC3)CC2)CC1. The summed E-state index contributed by atoms with van der Waals surface area (Å²) in [5.41, 5.74) is 0. The Balaban J connectivity index is 1.27. The van der Waals surface area contributed by atoms with Gasteiger partial charge in [0.2, 0.25) is 0 Å². The molecule has 0 N–H and O–H groups in total. The van der Waals surface area contributed by atoms with Crippen LogP contribution >= 0.6 is 0 Å². The van der Waals surface area contributed by atoms with E-state index in [1.807, 2.05) is 0 Å². The fourth-order valence-corrected chi connectivity index (χ4v) is 7.34. The van der Waals surface area contributed by atoms with E-state index in [2.05, 4.69) is 13.8 Å². The zero-order chi connectivity index (χ0) is 22.6. The maximum atomic E-state index is 12.1. The summed E-state index contributed by atoms with van der Waals surface area (Å²) < 4.78 is 5.80. The van der Waals surface area contributed by atoms with Crippen LogP contribution in [0.1, 0.15) is 149 Å². The van der Waals surface area contributed by atoms with Gasteiger partial charge in [-0.05, 0) is 100 Å². The van der Waals surface area contributed by atoms with E-state index in [4.69, 9.17) is 4.74 Å². The van der Waals surface area contributed by atoms with Crippen molar-refractivity contribution in [2.45, 2.75) is 155 Å². The van der Waals surface area contributed by atoms with Crippen LogP contribution in [0.4, 0.5) is 0 Å². The molecule has 3 saturated carbocycles. The molecule has 0 aliphatic heterocycles. The monoisotopic (exact) mass is 446 g/mol. The zero-order valence-electron chi connectivity index (χ0n) is 21.6. The molecule has 3 aliphatic carbocycles. The number of rotatable bonds is 12. The molecule has 3 fully saturated rings. The van der Waals surface area contributed by atoms with Gasteiger partial charge in [-0.2, -0.15) is 0 Å². The molecule has 0 heterocycles. The quantitative estimate of drug-likeness (QED) is 0.220. The van der Waals surface area contributed by atoms with Crippen LogP contribution in [0.3, 0.4) is 0 Å². The van der Waals surface area contributed by atoms with Crippen molar-refractivity contribution in [2.75, 3.05) is 0 Å². The van der Waals surface area contributed by atoms with Gasteiger partial charge in [0, 0.05) is 6.42 Å². The first-order valence-electron chi connectivity index (χ1n) is 14.9. The highest BCUT2D eigenvalue weighted by molar-refractivity contribution is 5.69. The van der Waals surface area contributed by atoms with Gasteiger partial charge in [0.1, 0.15) is 6.10 Å². The van der Waals surface area contributed by atoms with Gasteiger partial charge in [-0.3, -0.25) is 4.79 Å². The Kier molecular flexibility index (Phi) is 12.0. The highest BCUT2D eigenvalue weighted by Crippen LogP contribution is 2.46. The number of carbonyl (C=O) groups excluding carboxylic acids is 1. The largest absolute Gasteiger partial charge is 0.462 e. The molecular weight excluding hydrogens is 392 g/mol. The summed E-state index contributed by atoms with van der Waals surface area (Å²) in [7, 11) is 0. The Morgan fingerprint density at radius 3 is 1.59 bits per heavy atom. The molecule has 2 nitrogen and oxygen atoms in total. The van der Waals surface area contributed by atoms with Crippen LogP contribution in [0.5, 0.6) is 0 Å². The molecule has 32 heavy (non-hydrogen) atoms. The van der Waals surface area contributed by atoms with Crippen molar-refractivity contribution in [3.8, 4) is 0 Å². The van der Waals surface area contributed by atoms with Crippen molar-refractivity contribution in [3.63, 3.8) is 0 Å². The third kappa shape index (κ3) is 8.68. The fraction of sp³-hybridized carbons (Fsp3) is 0.967. The van der Waals surface area contributed by atoms with Crippen molar-refractivity contribution < 1.29 is 9.53 Å². The number of carbonyl (C=O) groups is 1. The van der Waals surface area contributed by atoms with Crippen molar-refractivity contribution in [1.82, 2.24) is 0 Å². The summed E-state index contributed by atoms with van der Waals surface area (Å²) in [5, 5.41) is 0. The maximum Gasteiger partial charge on any atom is 0.306 e. The Hall–Kier alpha value is -0.530. The first kappa shape index (κ1) is 26.1. The lowest BCUT2D eigenvalue weighted by molar-refractivity contribution is -0.151. The van der Waals surface area contributed by atoms with E-state index in [0.717, 1.165) is 48.9 Å². The summed E-state index contributed by atoms with van der Waals surface area (Å²) in [5.74, 6) is 5.06. The predicted octanol–water partition coefficient (Wildman–Crippen LogP) is 9.25. The van der Waals surface area contributed by atoms with E-state index in [1.54, 1.807) is 0 Å². The maximum absolute atomic E-state index is 12.1. The van der Waals surface area contributed by atoms with Gasteiger partial charge < -0.3 is 4.74 Å². The Morgan fingerprint density at radius 2 is 1.06 bits per heavy atom. The lowest BCUT2D eigenvalue weighted by Gasteiger charge is -2.41. The average Bonchev–Trinajstić information content (AvgIpc) is 2.83. The number of hydrogen-bond acceptors (Lipinski definition) is 2. The molecule has 0 aromatic rings. The highest BCUT2D eigenvalue weighted by Gasteiger charge is 2.35. The minimum absolute atomic E-state index is 0.0603. The second kappa shape index (κ2) is 14.7. The highest BCUT2D eigenvalue weighted by atomic mass is 16.5. The molecule has 0 bridgehead atoms. The number of ether oxygens (including phenoxy) is 1. The number of esters is 1. The van der Waals surface area contributed by atoms with Gasteiger partial charge in [0.25, 0.3) is 0 Å². The summed E-state index contributed by atoms with van der Waals surface area (Å²) in [6.45, 7) is 4.54. The molecule has 0 radical (unpaired) electrons.